The van der Waals surface area contributed by atoms with Gasteiger partial charge < -0.3 is 0 Å². The van der Waals surface area contributed by atoms with Gasteiger partial charge in [0.05, 0.1) is 0 Å². The average molecular weight is 251 g/mol. The Bertz CT molecular complexity index is 767. The van der Waals surface area contributed by atoms with E-state index in [-0.39, 0.29) is 5.78 Å². The molecule has 0 unspecified atom stereocenters. The Morgan fingerprint density at radius 1 is 0.947 bits per heavy atom. The predicted molar refractivity (Wildman–Crippen MR) is 71.6 cm³/mol. The van der Waals surface area contributed by atoms with Crippen molar-refractivity contribution < 1.29 is 9.18 Å². The SMILES string of the molecule is O=C(c1cccc(F)c1)c1cc2ccccc2cn1. The number of rotatable bonds is 2. The average Bonchev–Trinajstić information content (AvgIpc) is 2.46. The van der Waals surface area contributed by atoms with Crippen molar-refractivity contribution in [1.29, 1.82) is 0 Å². The molecule has 0 aliphatic heterocycles. The van der Waals surface area contributed by atoms with Crippen LogP contribution in [0.3, 0.4) is 0 Å². The van der Waals surface area contributed by atoms with Gasteiger partial charge in [0.2, 0.25) is 5.78 Å². The zero-order valence-electron chi connectivity index (χ0n) is 10.0. The van der Waals surface area contributed by atoms with Gasteiger partial charge in [0.15, 0.2) is 0 Å². The first-order valence-corrected chi connectivity index (χ1v) is 5.89. The fourth-order valence-corrected chi connectivity index (χ4v) is 1.99. The number of pyridine rings is 1. The molecule has 1 heterocycles. The number of halogens is 1. The van der Waals surface area contributed by atoms with E-state index in [1.54, 1.807) is 18.3 Å². The lowest BCUT2D eigenvalue weighted by Gasteiger charge is -2.02. The van der Waals surface area contributed by atoms with E-state index < -0.39 is 5.82 Å². The fourth-order valence-electron chi connectivity index (χ4n) is 1.99. The van der Waals surface area contributed by atoms with Crippen molar-refractivity contribution in [2.75, 3.05) is 0 Å². The van der Waals surface area contributed by atoms with E-state index in [9.17, 15) is 9.18 Å². The quantitative estimate of drug-likeness (QED) is 0.651. The highest BCUT2D eigenvalue weighted by Gasteiger charge is 2.11. The number of aromatic nitrogens is 1. The molecule has 0 aliphatic rings. The van der Waals surface area contributed by atoms with Gasteiger partial charge in [-0.05, 0) is 23.6 Å². The zero-order valence-corrected chi connectivity index (χ0v) is 10.0. The number of fused-ring (bicyclic) bond motifs is 1. The van der Waals surface area contributed by atoms with Crippen molar-refractivity contribution >= 4 is 16.6 Å². The number of nitrogens with zero attached hydrogens (tertiary/aromatic N) is 1. The van der Waals surface area contributed by atoms with E-state index >= 15 is 0 Å². The summed E-state index contributed by atoms with van der Waals surface area (Å²) in [6.45, 7) is 0. The largest absolute Gasteiger partial charge is 0.287 e. The van der Waals surface area contributed by atoms with Crippen LogP contribution in [0.5, 0.6) is 0 Å². The molecule has 3 heteroatoms. The third-order valence-electron chi connectivity index (χ3n) is 2.95. The number of hydrogen-bond acceptors (Lipinski definition) is 2. The van der Waals surface area contributed by atoms with E-state index in [1.165, 1.54) is 18.2 Å². The maximum Gasteiger partial charge on any atom is 0.211 e. The van der Waals surface area contributed by atoms with Gasteiger partial charge in [-0.1, -0.05) is 36.4 Å². The van der Waals surface area contributed by atoms with Gasteiger partial charge in [-0.2, -0.15) is 0 Å². The second-order valence-electron chi connectivity index (χ2n) is 4.26. The minimum Gasteiger partial charge on any atom is -0.287 e. The van der Waals surface area contributed by atoms with Gasteiger partial charge in [-0.15, -0.1) is 0 Å². The summed E-state index contributed by atoms with van der Waals surface area (Å²) < 4.78 is 13.1. The van der Waals surface area contributed by atoms with Gasteiger partial charge in [-0.25, -0.2) is 4.39 Å². The Labute approximate surface area is 109 Å². The van der Waals surface area contributed by atoms with Crippen molar-refractivity contribution in [3.8, 4) is 0 Å². The van der Waals surface area contributed by atoms with Crippen LogP contribution in [0.2, 0.25) is 0 Å². The van der Waals surface area contributed by atoms with Crippen LogP contribution in [-0.4, -0.2) is 10.8 Å². The number of carbonyl (C=O) groups is 1. The summed E-state index contributed by atoms with van der Waals surface area (Å²) in [5.41, 5.74) is 0.632. The van der Waals surface area contributed by atoms with Gasteiger partial charge in [0, 0.05) is 17.1 Å². The van der Waals surface area contributed by atoms with E-state index in [0.717, 1.165) is 10.8 Å². The first-order valence-electron chi connectivity index (χ1n) is 5.89. The normalized spacial score (nSPS) is 10.6. The van der Waals surface area contributed by atoms with Crippen LogP contribution in [0.1, 0.15) is 16.1 Å². The molecule has 0 atom stereocenters. The summed E-state index contributed by atoms with van der Waals surface area (Å²) in [7, 11) is 0. The lowest BCUT2D eigenvalue weighted by atomic mass is 10.1. The van der Waals surface area contributed by atoms with Gasteiger partial charge >= 0.3 is 0 Å². The summed E-state index contributed by atoms with van der Waals surface area (Å²) in [4.78, 5) is 16.4. The van der Waals surface area contributed by atoms with E-state index in [1.807, 2.05) is 24.3 Å². The molecule has 3 aromatic rings. The number of hydrogen-bond donors (Lipinski definition) is 0. The van der Waals surface area contributed by atoms with Gasteiger partial charge in [0.1, 0.15) is 11.5 Å². The molecule has 92 valence electrons. The molecule has 0 fully saturated rings. The molecule has 19 heavy (non-hydrogen) atoms. The Hall–Kier alpha value is -2.55. The van der Waals surface area contributed by atoms with Gasteiger partial charge in [-0.3, -0.25) is 9.78 Å². The van der Waals surface area contributed by atoms with Crippen LogP contribution in [0, 0.1) is 5.82 Å². The molecule has 0 amide bonds. The molecule has 0 saturated heterocycles. The highest BCUT2D eigenvalue weighted by molar-refractivity contribution is 6.09. The monoisotopic (exact) mass is 251 g/mol. The third-order valence-corrected chi connectivity index (χ3v) is 2.95. The highest BCUT2D eigenvalue weighted by Crippen LogP contribution is 2.16. The van der Waals surface area contributed by atoms with Crippen molar-refractivity contribution in [3.63, 3.8) is 0 Å². The smallest absolute Gasteiger partial charge is 0.211 e. The van der Waals surface area contributed by atoms with Crippen LogP contribution in [0.25, 0.3) is 10.8 Å². The molecule has 2 aromatic carbocycles. The van der Waals surface area contributed by atoms with Crippen molar-refractivity contribution in [3.05, 3.63) is 77.9 Å². The summed E-state index contributed by atoms with van der Waals surface area (Å²) in [5, 5.41) is 1.91. The molecule has 2 nitrogen and oxygen atoms in total. The Balaban J connectivity index is 2.06. The topological polar surface area (TPSA) is 30.0 Å². The number of carbonyl (C=O) groups excluding carboxylic acids is 1. The Morgan fingerprint density at radius 3 is 2.53 bits per heavy atom. The fraction of sp³-hybridized carbons (Fsp3) is 0. The van der Waals surface area contributed by atoms with Crippen LogP contribution in [-0.2, 0) is 0 Å². The number of ketones is 1. The molecule has 0 radical (unpaired) electrons. The molecule has 0 spiro atoms. The van der Waals surface area contributed by atoms with E-state index in [2.05, 4.69) is 4.98 Å². The van der Waals surface area contributed by atoms with Crippen LogP contribution >= 0.6 is 0 Å². The van der Waals surface area contributed by atoms with E-state index in [0.29, 0.717) is 11.3 Å². The second-order valence-corrected chi connectivity index (χ2v) is 4.26. The summed E-state index contributed by atoms with van der Waals surface area (Å²) >= 11 is 0. The molecule has 0 aliphatic carbocycles. The second kappa shape index (κ2) is 4.61. The summed E-state index contributed by atoms with van der Waals surface area (Å²) in [6.07, 6.45) is 1.65. The lowest BCUT2D eigenvalue weighted by molar-refractivity contribution is 0.103. The first-order chi connectivity index (χ1) is 9.24. The maximum absolute atomic E-state index is 13.1. The van der Waals surface area contributed by atoms with Gasteiger partial charge in [0.25, 0.3) is 0 Å². The molecule has 0 bridgehead atoms. The van der Waals surface area contributed by atoms with Crippen LogP contribution in [0.4, 0.5) is 4.39 Å². The molecule has 3 rings (SSSR count). The predicted octanol–water partition coefficient (Wildman–Crippen LogP) is 3.60. The summed E-state index contributed by atoms with van der Waals surface area (Å²) in [6, 6.07) is 15.0. The Morgan fingerprint density at radius 2 is 1.74 bits per heavy atom. The van der Waals surface area contributed by atoms with Crippen LogP contribution < -0.4 is 0 Å². The van der Waals surface area contributed by atoms with Crippen molar-refractivity contribution in [1.82, 2.24) is 4.98 Å². The minimum absolute atomic E-state index is 0.273. The van der Waals surface area contributed by atoms with Crippen molar-refractivity contribution in [2.24, 2.45) is 0 Å². The maximum atomic E-state index is 13.1. The number of benzene rings is 2. The lowest BCUT2D eigenvalue weighted by Crippen LogP contribution is -2.04. The summed E-state index contributed by atoms with van der Waals surface area (Å²) in [5.74, 6) is -0.697. The molecule has 1 aromatic heterocycles. The Kier molecular flexibility index (Phi) is 2.80. The molecular formula is C16H10FNO. The standard InChI is InChI=1S/C16H10FNO/c17-14-7-3-6-12(8-14)16(19)15-9-11-4-1-2-5-13(11)10-18-15/h1-10H. The molecule has 0 saturated carbocycles. The highest BCUT2D eigenvalue weighted by atomic mass is 19.1. The first kappa shape index (κ1) is 11.5. The zero-order chi connectivity index (χ0) is 13.2. The van der Waals surface area contributed by atoms with Crippen LogP contribution in [0.15, 0.2) is 60.8 Å². The van der Waals surface area contributed by atoms with E-state index in [4.69, 9.17) is 0 Å². The third kappa shape index (κ3) is 2.22. The van der Waals surface area contributed by atoms with Crippen molar-refractivity contribution in [2.45, 2.75) is 0 Å². The minimum atomic E-state index is -0.424. The molecule has 0 N–H and O–H groups in total. The molecular weight excluding hydrogens is 241 g/mol.